The number of rotatable bonds is 4. The van der Waals surface area contributed by atoms with Crippen LogP contribution in [0.3, 0.4) is 0 Å². The molecule has 0 bridgehead atoms. The van der Waals surface area contributed by atoms with Gasteiger partial charge in [0.15, 0.2) is 0 Å². The molecule has 0 saturated heterocycles. The van der Waals surface area contributed by atoms with Crippen LogP contribution in [-0.2, 0) is 6.54 Å². The standard InChI is InChI=1S/C19H17ClFN3O2/c1-12-6-3-4-7-13(12)17-10-18(26-23-17)22-19(25)24(2)11-14-15(20)8-5-9-16(14)21/h3-10H,11H2,1-2H3,(H,22,25). The molecular weight excluding hydrogens is 357 g/mol. The number of nitrogens with zero attached hydrogens (tertiary/aromatic N) is 2. The molecule has 0 unspecified atom stereocenters. The van der Waals surface area contributed by atoms with Crippen LogP contribution in [0.2, 0.25) is 5.02 Å². The topological polar surface area (TPSA) is 58.4 Å². The van der Waals surface area contributed by atoms with Gasteiger partial charge in [-0.2, -0.15) is 0 Å². The average Bonchev–Trinajstić information content (AvgIpc) is 3.06. The molecule has 0 atom stereocenters. The maximum Gasteiger partial charge on any atom is 0.324 e. The van der Waals surface area contributed by atoms with E-state index in [1.807, 2.05) is 31.2 Å². The summed E-state index contributed by atoms with van der Waals surface area (Å²) in [4.78, 5) is 13.6. The van der Waals surface area contributed by atoms with Crippen LogP contribution in [0, 0.1) is 12.7 Å². The number of carbonyl (C=O) groups is 1. The van der Waals surface area contributed by atoms with Gasteiger partial charge in [-0.3, -0.25) is 5.32 Å². The van der Waals surface area contributed by atoms with E-state index in [0.29, 0.717) is 5.69 Å². The zero-order valence-electron chi connectivity index (χ0n) is 14.3. The van der Waals surface area contributed by atoms with Crippen molar-refractivity contribution in [2.45, 2.75) is 13.5 Å². The summed E-state index contributed by atoms with van der Waals surface area (Å²) in [6, 6.07) is 13.3. The lowest BCUT2D eigenvalue weighted by Gasteiger charge is -2.18. The summed E-state index contributed by atoms with van der Waals surface area (Å²) in [5, 5.41) is 6.85. The number of halogens is 2. The van der Waals surface area contributed by atoms with Crippen LogP contribution >= 0.6 is 11.6 Å². The Morgan fingerprint density at radius 3 is 2.77 bits per heavy atom. The van der Waals surface area contributed by atoms with Gasteiger partial charge in [0.2, 0.25) is 5.88 Å². The number of hydrogen-bond acceptors (Lipinski definition) is 3. The fourth-order valence-corrected chi connectivity index (χ4v) is 2.74. The molecule has 0 aliphatic carbocycles. The predicted molar refractivity (Wildman–Crippen MR) is 98.6 cm³/mol. The van der Waals surface area contributed by atoms with Crippen molar-refractivity contribution in [2.75, 3.05) is 12.4 Å². The lowest BCUT2D eigenvalue weighted by Crippen LogP contribution is -2.31. The normalized spacial score (nSPS) is 10.6. The molecule has 2 amide bonds. The van der Waals surface area contributed by atoms with Gasteiger partial charge in [-0.25, -0.2) is 9.18 Å². The summed E-state index contributed by atoms with van der Waals surface area (Å²) < 4.78 is 19.0. The number of urea groups is 1. The largest absolute Gasteiger partial charge is 0.338 e. The monoisotopic (exact) mass is 373 g/mol. The van der Waals surface area contributed by atoms with Crippen molar-refractivity contribution in [1.29, 1.82) is 0 Å². The van der Waals surface area contributed by atoms with Crippen LogP contribution in [0.4, 0.5) is 15.1 Å². The van der Waals surface area contributed by atoms with E-state index in [2.05, 4.69) is 10.5 Å². The highest BCUT2D eigenvalue weighted by Gasteiger charge is 2.16. The first kappa shape index (κ1) is 17.9. The summed E-state index contributed by atoms with van der Waals surface area (Å²) in [6.45, 7) is 1.99. The number of benzene rings is 2. The first-order chi connectivity index (χ1) is 12.5. The molecule has 134 valence electrons. The van der Waals surface area contributed by atoms with Crippen LogP contribution in [0.1, 0.15) is 11.1 Å². The van der Waals surface area contributed by atoms with Gasteiger partial charge < -0.3 is 9.42 Å². The van der Waals surface area contributed by atoms with Gasteiger partial charge in [-0.15, -0.1) is 0 Å². The lowest BCUT2D eigenvalue weighted by atomic mass is 10.1. The third-order valence-corrected chi connectivity index (χ3v) is 4.32. The Balaban J connectivity index is 1.69. The molecule has 1 aromatic heterocycles. The Bertz CT molecular complexity index is 922. The highest BCUT2D eigenvalue weighted by molar-refractivity contribution is 6.31. The summed E-state index contributed by atoms with van der Waals surface area (Å²) in [7, 11) is 1.54. The minimum atomic E-state index is -0.461. The quantitative estimate of drug-likeness (QED) is 0.691. The fraction of sp³-hybridized carbons (Fsp3) is 0.158. The third-order valence-electron chi connectivity index (χ3n) is 3.96. The van der Waals surface area contributed by atoms with E-state index in [4.69, 9.17) is 16.1 Å². The molecule has 0 radical (unpaired) electrons. The molecule has 3 rings (SSSR count). The smallest absolute Gasteiger partial charge is 0.324 e. The molecular formula is C19H17ClFN3O2. The SMILES string of the molecule is Cc1ccccc1-c1cc(NC(=O)N(C)Cc2c(F)cccc2Cl)on1. The van der Waals surface area contributed by atoms with E-state index >= 15 is 0 Å². The summed E-state index contributed by atoms with van der Waals surface area (Å²) in [5.74, 6) is -0.251. The molecule has 2 aromatic carbocycles. The molecule has 26 heavy (non-hydrogen) atoms. The van der Waals surface area contributed by atoms with Crippen LogP contribution in [0.25, 0.3) is 11.3 Å². The molecule has 0 aliphatic rings. The van der Waals surface area contributed by atoms with Gasteiger partial charge >= 0.3 is 6.03 Å². The van der Waals surface area contributed by atoms with E-state index in [1.165, 1.54) is 24.1 Å². The van der Waals surface area contributed by atoms with Gasteiger partial charge in [0.1, 0.15) is 11.5 Å². The molecule has 3 aromatic rings. The second kappa shape index (κ2) is 7.58. The summed E-state index contributed by atoms with van der Waals surface area (Å²) in [6.07, 6.45) is 0. The number of aryl methyl sites for hydroxylation is 1. The molecule has 5 nitrogen and oxygen atoms in total. The van der Waals surface area contributed by atoms with Gasteiger partial charge in [0, 0.05) is 29.3 Å². The number of nitrogens with one attached hydrogen (secondary N) is 1. The van der Waals surface area contributed by atoms with Crippen LogP contribution < -0.4 is 5.32 Å². The van der Waals surface area contributed by atoms with Crippen LogP contribution in [-0.4, -0.2) is 23.1 Å². The maximum atomic E-state index is 13.9. The van der Waals surface area contributed by atoms with Crippen molar-refractivity contribution in [3.8, 4) is 11.3 Å². The number of carbonyl (C=O) groups excluding carboxylic acids is 1. The average molecular weight is 374 g/mol. The molecule has 1 heterocycles. The van der Waals surface area contributed by atoms with E-state index in [9.17, 15) is 9.18 Å². The summed E-state index contributed by atoms with van der Waals surface area (Å²) >= 11 is 6.00. The minimum Gasteiger partial charge on any atom is -0.338 e. The van der Waals surface area contributed by atoms with Gasteiger partial charge in [-0.05, 0) is 24.6 Å². The Morgan fingerprint density at radius 2 is 2.04 bits per heavy atom. The number of hydrogen-bond donors (Lipinski definition) is 1. The Morgan fingerprint density at radius 1 is 1.27 bits per heavy atom. The predicted octanol–water partition coefficient (Wildman–Crippen LogP) is 5.11. The molecule has 7 heteroatoms. The van der Waals surface area contributed by atoms with Crippen LogP contribution in [0.5, 0.6) is 0 Å². The minimum absolute atomic E-state index is 0.0239. The van der Waals surface area contributed by atoms with E-state index in [1.54, 1.807) is 12.1 Å². The number of amides is 2. The third kappa shape index (κ3) is 3.86. The van der Waals surface area contributed by atoms with Crippen molar-refractivity contribution in [3.63, 3.8) is 0 Å². The van der Waals surface area contributed by atoms with Gasteiger partial charge in [-0.1, -0.05) is 47.1 Å². The molecule has 0 aliphatic heterocycles. The number of aromatic nitrogens is 1. The first-order valence-corrected chi connectivity index (χ1v) is 8.31. The number of anilines is 1. The zero-order valence-corrected chi connectivity index (χ0v) is 15.0. The van der Waals surface area contributed by atoms with Crippen molar-refractivity contribution in [3.05, 3.63) is 70.5 Å². The van der Waals surface area contributed by atoms with Gasteiger partial charge in [0.05, 0.1) is 6.54 Å². The lowest BCUT2D eigenvalue weighted by molar-refractivity contribution is 0.219. The second-order valence-electron chi connectivity index (χ2n) is 5.88. The highest BCUT2D eigenvalue weighted by Crippen LogP contribution is 2.25. The van der Waals surface area contributed by atoms with Gasteiger partial charge in [0.25, 0.3) is 0 Å². The van der Waals surface area contributed by atoms with E-state index in [-0.39, 0.29) is 23.0 Å². The Kier molecular flexibility index (Phi) is 5.23. The van der Waals surface area contributed by atoms with Crippen molar-refractivity contribution >= 4 is 23.5 Å². The van der Waals surface area contributed by atoms with Crippen molar-refractivity contribution in [2.24, 2.45) is 0 Å². The van der Waals surface area contributed by atoms with E-state index < -0.39 is 11.8 Å². The van der Waals surface area contributed by atoms with Crippen LogP contribution in [0.15, 0.2) is 53.1 Å². The molecule has 1 N–H and O–H groups in total. The van der Waals surface area contributed by atoms with E-state index in [0.717, 1.165) is 11.1 Å². The second-order valence-corrected chi connectivity index (χ2v) is 6.28. The van der Waals surface area contributed by atoms with Crippen molar-refractivity contribution in [1.82, 2.24) is 10.1 Å². The molecule has 0 fully saturated rings. The maximum absolute atomic E-state index is 13.9. The highest BCUT2D eigenvalue weighted by atomic mass is 35.5. The van der Waals surface area contributed by atoms with Crippen molar-refractivity contribution < 1.29 is 13.7 Å². The first-order valence-electron chi connectivity index (χ1n) is 7.93. The molecule has 0 saturated carbocycles. The Hall–Kier alpha value is -2.86. The fourth-order valence-electron chi connectivity index (χ4n) is 2.51. The summed E-state index contributed by atoms with van der Waals surface area (Å²) in [5.41, 5.74) is 2.84. The Labute approximate surface area is 155 Å². The zero-order chi connectivity index (χ0) is 18.7. The molecule has 0 spiro atoms.